The Morgan fingerprint density at radius 1 is 1.36 bits per heavy atom. The first-order valence-corrected chi connectivity index (χ1v) is 12.4. The molecule has 3 rings (SSSR count). The third-order valence-electron chi connectivity index (χ3n) is 3.51. The number of benzene rings is 2. The molecule has 1 heterocycles. The Labute approximate surface area is 185 Å². The van der Waals surface area contributed by atoms with Crippen LogP contribution in [0.3, 0.4) is 0 Å². The predicted molar refractivity (Wildman–Crippen MR) is 121 cm³/mol. The lowest BCUT2D eigenvalue weighted by atomic mass is 10.3. The number of aliphatic hydroxyl groups excluding tert-OH is 1. The predicted octanol–water partition coefficient (Wildman–Crippen LogP) is 3.72. The van der Waals surface area contributed by atoms with Gasteiger partial charge in [0.15, 0.2) is 5.16 Å². The fourth-order valence-corrected chi connectivity index (χ4v) is 4.27. The summed E-state index contributed by atoms with van der Waals surface area (Å²) in [6.45, 7) is 0.107. The van der Waals surface area contributed by atoms with Gasteiger partial charge >= 0.3 is 0 Å². The van der Waals surface area contributed by atoms with E-state index in [-0.39, 0.29) is 6.61 Å². The van der Waals surface area contributed by atoms with Crippen molar-refractivity contribution in [2.75, 3.05) is 23.3 Å². The molecule has 11 heteroatoms. The maximum absolute atomic E-state index is 11.2. The van der Waals surface area contributed by atoms with Gasteiger partial charge in [0.25, 0.3) is 0 Å². The summed E-state index contributed by atoms with van der Waals surface area (Å²) >= 11 is 9.66. The molecule has 28 heavy (non-hydrogen) atoms. The lowest BCUT2D eigenvalue weighted by molar-refractivity contribution is 0.126. The fraction of sp³-hybridized carbons (Fsp3) is 0.235. The van der Waals surface area contributed by atoms with Crippen LogP contribution in [-0.4, -0.2) is 48.2 Å². The zero-order valence-corrected chi connectivity index (χ0v) is 19.2. The third-order valence-corrected chi connectivity index (χ3v) is 6.66. The second kappa shape index (κ2) is 9.08. The van der Waals surface area contributed by atoms with Gasteiger partial charge < -0.3 is 14.8 Å². The topological polar surface area (TPSA) is 104 Å². The summed E-state index contributed by atoms with van der Waals surface area (Å²) < 4.78 is 31.2. The van der Waals surface area contributed by atoms with E-state index in [9.17, 15) is 13.5 Å². The number of imidazole rings is 1. The number of nitrogens with one attached hydrogen (secondary N) is 2. The average molecular weight is 554 g/mol. The van der Waals surface area contributed by atoms with Crippen molar-refractivity contribution in [3.8, 4) is 5.75 Å². The molecule has 0 saturated carbocycles. The Morgan fingerprint density at radius 3 is 2.75 bits per heavy atom. The minimum atomic E-state index is -3.31. The smallest absolute Gasteiger partial charge is 0.229 e. The third kappa shape index (κ3) is 6.14. The highest BCUT2D eigenvalue weighted by molar-refractivity contribution is 14.1. The SMILES string of the molecule is CS(=O)(=O)Nc1ccc(OC[C@H](O)CSc2nc3cc(I)c(Cl)cc3[nH]2)cc1. The van der Waals surface area contributed by atoms with E-state index >= 15 is 0 Å². The van der Waals surface area contributed by atoms with Crippen LogP contribution >= 0.6 is 46.0 Å². The number of H-pyrrole nitrogens is 1. The first-order chi connectivity index (χ1) is 13.2. The van der Waals surface area contributed by atoms with Crippen LogP contribution < -0.4 is 9.46 Å². The Kier molecular flexibility index (Phi) is 6.97. The molecule has 1 atom stereocenters. The number of aromatic nitrogens is 2. The van der Waals surface area contributed by atoms with Gasteiger partial charge in [-0.25, -0.2) is 13.4 Å². The number of sulfonamides is 1. The normalized spacial score (nSPS) is 12.9. The van der Waals surface area contributed by atoms with Crippen molar-refractivity contribution in [2.45, 2.75) is 11.3 Å². The van der Waals surface area contributed by atoms with Gasteiger partial charge in [-0.3, -0.25) is 4.72 Å². The minimum Gasteiger partial charge on any atom is -0.491 e. The number of aromatic amines is 1. The Bertz CT molecular complexity index is 1030. The number of nitrogens with zero attached hydrogens (tertiary/aromatic N) is 1. The molecule has 150 valence electrons. The Balaban J connectivity index is 1.50. The summed E-state index contributed by atoms with van der Waals surface area (Å²) in [6, 6.07) is 10.2. The number of ether oxygens (including phenoxy) is 1. The highest BCUT2D eigenvalue weighted by atomic mass is 127. The Morgan fingerprint density at radius 2 is 2.07 bits per heavy atom. The summed E-state index contributed by atoms with van der Waals surface area (Å²) in [6.07, 6.45) is 0.388. The molecule has 0 fully saturated rings. The van der Waals surface area contributed by atoms with Gasteiger partial charge in [-0.1, -0.05) is 23.4 Å². The zero-order valence-electron chi connectivity index (χ0n) is 14.6. The van der Waals surface area contributed by atoms with Crippen molar-refractivity contribution >= 4 is 72.7 Å². The molecule has 2 aromatic carbocycles. The van der Waals surface area contributed by atoms with Crippen LogP contribution in [0.25, 0.3) is 11.0 Å². The van der Waals surface area contributed by atoms with Crippen LogP contribution in [0.15, 0.2) is 41.6 Å². The number of halogens is 2. The number of hydrogen-bond acceptors (Lipinski definition) is 6. The summed E-state index contributed by atoms with van der Waals surface area (Å²) in [5.74, 6) is 0.939. The molecular weight excluding hydrogens is 537 g/mol. The summed E-state index contributed by atoms with van der Waals surface area (Å²) in [4.78, 5) is 7.65. The molecule has 7 nitrogen and oxygen atoms in total. The van der Waals surface area contributed by atoms with Crippen LogP contribution in [0.2, 0.25) is 5.02 Å². The van der Waals surface area contributed by atoms with Crippen LogP contribution in [-0.2, 0) is 10.0 Å². The first-order valence-electron chi connectivity index (χ1n) is 8.06. The molecule has 0 amide bonds. The van der Waals surface area contributed by atoms with Gasteiger partial charge in [0, 0.05) is 15.0 Å². The molecule has 0 aliphatic heterocycles. The molecule has 0 bridgehead atoms. The highest BCUT2D eigenvalue weighted by Crippen LogP contribution is 2.26. The zero-order chi connectivity index (χ0) is 20.3. The maximum Gasteiger partial charge on any atom is 0.229 e. The molecule has 0 spiro atoms. The van der Waals surface area contributed by atoms with Crippen LogP contribution in [0.1, 0.15) is 0 Å². The van der Waals surface area contributed by atoms with E-state index in [4.69, 9.17) is 16.3 Å². The van der Waals surface area contributed by atoms with E-state index in [1.54, 1.807) is 24.3 Å². The number of hydrogen-bond donors (Lipinski definition) is 3. The lowest BCUT2D eigenvalue weighted by Crippen LogP contribution is -2.20. The highest BCUT2D eigenvalue weighted by Gasteiger charge is 2.11. The largest absolute Gasteiger partial charge is 0.491 e. The molecule has 1 aromatic heterocycles. The molecule has 3 N–H and O–H groups in total. The second-order valence-electron chi connectivity index (χ2n) is 6.00. The van der Waals surface area contributed by atoms with E-state index in [1.807, 2.05) is 12.1 Å². The summed E-state index contributed by atoms with van der Waals surface area (Å²) in [5, 5.41) is 11.5. The molecular formula is C17H17ClIN3O4S2. The van der Waals surface area contributed by atoms with Crippen molar-refractivity contribution in [3.63, 3.8) is 0 Å². The van der Waals surface area contributed by atoms with Gasteiger partial charge in [-0.15, -0.1) is 0 Å². The summed E-state index contributed by atoms with van der Waals surface area (Å²) in [7, 11) is -3.31. The minimum absolute atomic E-state index is 0.107. The fourth-order valence-electron chi connectivity index (χ4n) is 2.30. The summed E-state index contributed by atoms with van der Waals surface area (Å²) in [5.41, 5.74) is 2.12. The molecule has 0 aliphatic carbocycles. The molecule has 3 aromatic rings. The van der Waals surface area contributed by atoms with E-state index < -0.39 is 16.1 Å². The number of rotatable bonds is 8. The molecule has 0 radical (unpaired) electrons. The lowest BCUT2D eigenvalue weighted by Gasteiger charge is -2.12. The van der Waals surface area contributed by atoms with Gasteiger partial charge in [0.05, 0.1) is 28.4 Å². The van der Waals surface area contributed by atoms with Crippen LogP contribution in [0.4, 0.5) is 5.69 Å². The van der Waals surface area contributed by atoms with Crippen molar-refractivity contribution < 1.29 is 18.3 Å². The number of thioether (sulfide) groups is 1. The molecule has 0 saturated heterocycles. The number of anilines is 1. The van der Waals surface area contributed by atoms with Gasteiger partial charge in [-0.05, 0) is 59.0 Å². The van der Waals surface area contributed by atoms with Crippen LogP contribution in [0, 0.1) is 3.57 Å². The van der Waals surface area contributed by atoms with Gasteiger partial charge in [0.2, 0.25) is 10.0 Å². The van der Waals surface area contributed by atoms with Crippen molar-refractivity contribution in [1.82, 2.24) is 9.97 Å². The average Bonchev–Trinajstić information content (AvgIpc) is 3.00. The monoisotopic (exact) mass is 553 g/mol. The van der Waals surface area contributed by atoms with E-state index in [2.05, 4.69) is 37.3 Å². The van der Waals surface area contributed by atoms with Crippen molar-refractivity contribution in [2.24, 2.45) is 0 Å². The van der Waals surface area contributed by atoms with E-state index in [0.717, 1.165) is 20.9 Å². The standard InChI is InChI=1S/C17H17ClIN3O4S2/c1-28(24,25)22-10-2-4-12(5-3-10)26-8-11(23)9-27-17-20-15-6-13(18)14(19)7-16(15)21-17/h2-7,11,22-23H,8-9H2,1H3,(H,20,21)/t11-/m0/s1. The Hall–Kier alpha value is -1.21. The number of aliphatic hydroxyl groups is 1. The van der Waals surface area contributed by atoms with E-state index in [0.29, 0.717) is 27.4 Å². The maximum atomic E-state index is 11.2. The van der Waals surface area contributed by atoms with E-state index in [1.165, 1.54) is 11.8 Å². The molecule has 0 unspecified atom stereocenters. The van der Waals surface area contributed by atoms with Crippen LogP contribution in [0.5, 0.6) is 5.75 Å². The molecule has 0 aliphatic rings. The van der Waals surface area contributed by atoms with Crippen molar-refractivity contribution in [1.29, 1.82) is 0 Å². The first kappa shape index (κ1) is 21.5. The van der Waals surface area contributed by atoms with Crippen molar-refractivity contribution in [3.05, 3.63) is 45.0 Å². The number of fused-ring (bicyclic) bond motifs is 1. The quantitative estimate of drug-likeness (QED) is 0.290. The second-order valence-corrected chi connectivity index (χ2v) is 10.3. The van der Waals surface area contributed by atoms with Gasteiger partial charge in [0.1, 0.15) is 12.4 Å². The van der Waals surface area contributed by atoms with Gasteiger partial charge in [-0.2, -0.15) is 0 Å².